The van der Waals surface area contributed by atoms with E-state index in [2.05, 4.69) is 66.0 Å². The molecule has 2 nitrogen and oxygen atoms in total. The zero-order valence-corrected chi connectivity index (χ0v) is 13.3. The minimum atomic E-state index is 0.722. The summed E-state index contributed by atoms with van der Waals surface area (Å²) in [6.07, 6.45) is 2.99. The van der Waals surface area contributed by atoms with Crippen LogP contribution in [0, 0.1) is 13.5 Å². The lowest BCUT2D eigenvalue weighted by atomic mass is 9.94. The lowest BCUT2D eigenvalue weighted by Gasteiger charge is -2.10. The molecule has 23 heavy (non-hydrogen) atoms. The molecule has 1 heterocycles. The van der Waals surface area contributed by atoms with Crippen LogP contribution in [-0.4, -0.2) is 0 Å². The highest BCUT2D eigenvalue weighted by molar-refractivity contribution is 5.85. The van der Waals surface area contributed by atoms with E-state index in [1.807, 2.05) is 12.1 Å². The highest BCUT2D eigenvalue weighted by Crippen LogP contribution is 2.43. The Kier molecular flexibility index (Phi) is 3.02. The van der Waals surface area contributed by atoms with Crippen molar-refractivity contribution < 1.29 is 4.57 Å². The SMILES string of the molecule is [C-]#[N+]c1ccc2c(c1)Cc1c-2ccc(C)c1-c1cccc[n+]1C. The summed E-state index contributed by atoms with van der Waals surface area (Å²) in [5, 5.41) is 0. The van der Waals surface area contributed by atoms with Crippen LogP contribution in [0.5, 0.6) is 0 Å². The van der Waals surface area contributed by atoms with Gasteiger partial charge in [0.05, 0.1) is 12.1 Å². The van der Waals surface area contributed by atoms with Gasteiger partial charge in [-0.3, -0.25) is 0 Å². The summed E-state index contributed by atoms with van der Waals surface area (Å²) in [4.78, 5) is 3.57. The number of hydrogen-bond donors (Lipinski definition) is 0. The fourth-order valence-corrected chi connectivity index (χ4v) is 3.59. The van der Waals surface area contributed by atoms with Gasteiger partial charge in [0, 0.05) is 12.1 Å². The van der Waals surface area contributed by atoms with Gasteiger partial charge in [-0.15, -0.1) is 0 Å². The van der Waals surface area contributed by atoms with Crippen molar-refractivity contribution in [1.82, 2.24) is 0 Å². The van der Waals surface area contributed by atoms with E-state index in [0.29, 0.717) is 0 Å². The quantitative estimate of drug-likeness (QED) is 0.358. The monoisotopic (exact) mass is 297 g/mol. The van der Waals surface area contributed by atoms with Crippen LogP contribution < -0.4 is 4.57 Å². The number of fused-ring (bicyclic) bond motifs is 3. The molecule has 3 aromatic rings. The minimum Gasteiger partial charge on any atom is -0.238 e. The predicted octanol–water partition coefficient (Wildman–Crippen LogP) is 4.61. The van der Waals surface area contributed by atoms with Gasteiger partial charge in [-0.25, -0.2) is 9.41 Å². The number of aromatic nitrogens is 1. The molecule has 0 fully saturated rings. The van der Waals surface area contributed by atoms with Gasteiger partial charge in [0.25, 0.3) is 0 Å². The maximum atomic E-state index is 7.23. The molecule has 0 unspecified atom stereocenters. The first-order valence-electron chi connectivity index (χ1n) is 7.77. The zero-order valence-electron chi connectivity index (χ0n) is 13.3. The van der Waals surface area contributed by atoms with Crippen LogP contribution in [0.1, 0.15) is 16.7 Å². The maximum absolute atomic E-state index is 7.23. The van der Waals surface area contributed by atoms with Gasteiger partial charge in [-0.1, -0.05) is 30.3 Å². The van der Waals surface area contributed by atoms with Crippen molar-refractivity contribution >= 4 is 5.69 Å². The summed E-state index contributed by atoms with van der Waals surface area (Å²) in [6.45, 7) is 9.40. The molecule has 0 amide bonds. The Hall–Kier alpha value is -2.92. The number of hydrogen-bond acceptors (Lipinski definition) is 0. The summed E-state index contributed by atoms with van der Waals surface area (Å²) < 4.78 is 2.18. The molecule has 0 aliphatic heterocycles. The third-order valence-corrected chi connectivity index (χ3v) is 4.71. The van der Waals surface area contributed by atoms with E-state index < -0.39 is 0 Å². The van der Waals surface area contributed by atoms with Gasteiger partial charge in [0.1, 0.15) is 7.05 Å². The average Bonchev–Trinajstić information content (AvgIpc) is 2.93. The van der Waals surface area contributed by atoms with Crippen molar-refractivity contribution in [2.24, 2.45) is 7.05 Å². The number of rotatable bonds is 1. The number of benzene rings is 2. The van der Waals surface area contributed by atoms with Gasteiger partial charge >= 0.3 is 0 Å². The van der Waals surface area contributed by atoms with Crippen molar-refractivity contribution in [2.75, 3.05) is 0 Å². The Labute approximate surface area is 136 Å². The van der Waals surface area contributed by atoms with E-state index in [9.17, 15) is 0 Å². The van der Waals surface area contributed by atoms with Crippen LogP contribution in [0.25, 0.3) is 27.2 Å². The first-order chi connectivity index (χ1) is 11.2. The predicted molar refractivity (Wildman–Crippen MR) is 92.3 cm³/mol. The highest BCUT2D eigenvalue weighted by atomic mass is 14.9. The fraction of sp³-hybridized carbons (Fsp3) is 0.143. The number of pyridine rings is 1. The third-order valence-electron chi connectivity index (χ3n) is 4.71. The van der Waals surface area contributed by atoms with E-state index in [4.69, 9.17) is 6.57 Å². The Balaban J connectivity index is 1.97. The molecular weight excluding hydrogens is 280 g/mol. The Morgan fingerprint density at radius 2 is 1.87 bits per heavy atom. The van der Waals surface area contributed by atoms with Crippen LogP contribution in [0.2, 0.25) is 0 Å². The Bertz CT molecular complexity index is 978. The van der Waals surface area contributed by atoms with E-state index in [1.165, 1.54) is 39.1 Å². The second-order valence-corrected chi connectivity index (χ2v) is 6.11. The number of nitrogens with zero attached hydrogens (tertiary/aromatic N) is 2. The lowest BCUT2D eigenvalue weighted by Crippen LogP contribution is -2.30. The normalized spacial score (nSPS) is 11.7. The van der Waals surface area contributed by atoms with E-state index in [0.717, 1.165) is 12.1 Å². The van der Waals surface area contributed by atoms with Gasteiger partial charge in [-0.05, 0) is 47.2 Å². The summed E-state index contributed by atoms with van der Waals surface area (Å²) in [5.41, 5.74) is 9.80. The first kappa shape index (κ1) is 13.7. The van der Waals surface area contributed by atoms with Crippen molar-refractivity contribution in [1.29, 1.82) is 0 Å². The van der Waals surface area contributed by atoms with Crippen LogP contribution in [0.15, 0.2) is 54.7 Å². The molecule has 110 valence electrons. The average molecular weight is 297 g/mol. The van der Waals surface area contributed by atoms with Crippen LogP contribution in [0.4, 0.5) is 5.69 Å². The third kappa shape index (κ3) is 2.05. The highest BCUT2D eigenvalue weighted by Gasteiger charge is 2.26. The molecule has 0 bridgehead atoms. The molecule has 2 aromatic carbocycles. The molecule has 0 saturated carbocycles. The second-order valence-electron chi connectivity index (χ2n) is 6.11. The molecule has 1 aliphatic rings. The standard InChI is InChI=1S/C21H17N2/c1-14-7-9-18-17-10-8-16(22-2)12-15(17)13-19(18)21(14)20-6-4-5-11-23(20)3/h4-12H,13H2,1,3H3/q+1. The molecule has 0 saturated heterocycles. The minimum absolute atomic E-state index is 0.722. The van der Waals surface area contributed by atoms with Gasteiger partial charge in [0.15, 0.2) is 11.9 Å². The molecule has 1 aromatic heterocycles. The smallest absolute Gasteiger partial charge is 0.212 e. The molecule has 0 atom stereocenters. The van der Waals surface area contributed by atoms with Crippen LogP contribution >= 0.6 is 0 Å². The van der Waals surface area contributed by atoms with E-state index in [1.54, 1.807) is 0 Å². The molecule has 0 N–H and O–H groups in total. The summed E-state index contributed by atoms with van der Waals surface area (Å²) in [5.74, 6) is 0. The molecule has 1 aliphatic carbocycles. The molecule has 2 heteroatoms. The topological polar surface area (TPSA) is 8.24 Å². The maximum Gasteiger partial charge on any atom is 0.212 e. The zero-order chi connectivity index (χ0) is 16.0. The second kappa shape index (κ2) is 5.07. The van der Waals surface area contributed by atoms with Crippen molar-refractivity contribution in [3.05, 3.63) is 82.8 Å². The summed E-state index contributed by atoms with van der Waals surface area (Å²) >= 11 is 0. The van der Waals surface area contributed by atoms with Crippen LogP contribution in [-0.2, 0) is 13.5 Å². The van der Waals surface area contributed by atoms with E-state index >= 15 is 0 Å². The van der Waals surface area contributed by atoms with Crippen molar-refractivity contribution in [3.63, 3.8) is 0 Å². The Morgan fingerprint density at radius 3 is 2.65 bits per heavy atom. The fourth-order valence-electron chi connectivity index (χ4n) is 3.59. The molecule has 0 spiro atoms. The van der Waals surface area contributed by atoms with Crippen molar-refractivity contribution in [2.45, 2.75) is 13.3 Å². The van der Waals surface area contributed by atoms with Crippen molar-refractivity contribution in [3.8, 4) is 22.4 Å². The molecular formula is C21H17N2+. The Morgan fingerprint density at radius 1 is 1.04 bits per heavy atom. The summed E-state index contributed by atoms with van der Waals surface area (Å²) in [7, 11) is 2.09. The van der Waals surface area contributed by atoms with Gasteiger partial charge in [-0.2, -0.15) is 0 Å². The van der Waals surface area contributed by atoms with Gasteiger partial charge < -0.3 is 0 Å². The van der Waals surface area contributed by atoms with Crippen LogP contribution in [0.3, 0.4) is 0 Å². The number of aryl methyl sites for hydroxylation is 2. The largest absolute Gasteiger partial charge is 0.238 e. The molecule has 4 rings (SSSR count). The van der Waals surface area contributed by atoms with Gasteiger partial charge in [0.2, 0.25) is 5.69 Å². The lowest BCUT2D eigenvalue weighted by molar-refractivity contribution is -0.660. The summed E-state index contributed by atoms with van der Waals surface area (Å²) in [6, 6.07) is 16.8. The van der Waals surface area contributed by atoms with E-state index in [-0.39, 0.29) is 0 Å². The first-order valence-corrected chi connectivity index (χ1v) is 7.77. The molecule has 0 radical (unpaired) electrons.